The molecule has 1 heterocycles. The van der Waals surface area contributed by atoms with Crippen molar-refractivity contribution in [1.29, 1.82) is 0 Å². The van der Waals surface area contributed by atoms with E-state index in [1.54, 1.807) is 0 Å². The molecule has 0 unspecified atom stereocenters. The third-order valence-electron chi connectivity index (χ3n) is 1.65. The number of hydrogen-bond donors (Lipinski definition) is 1. The number of hydrogen-bond acceptors (Lipinski definition) is 2. The molecule has 0 aromatic rings. The fourth-order valence-electron chi connectivity index (χ4n) is 1.10. The van der Waals surface area contributed by atoms with Gasteiger partial charge in [-0.3, -0.25) is 4.90 Å². The summed E-state index contributed by atoms with van der Waals surface area (Å²) >= 11 is 0. The van der Waals surface area contributed by atoms with Gasteiger partial charge in [-0.1, -0.05) is 21.3 Å². The first-order valence-electron chi connectivity index (χ1n) is 3.26. The summed E-state index contributed by atoms with van der Waals surface area (Å²) in [4.78, 5) is 2.07. The SMILES string of the molecule is C.C.OCN1CCCCC1. The van der Waals surface area contributed by atoms with Crippen LogP contribution in [-0.2, 0) is 0 Å². The summed E-state index contributed by atoms with van der Waals surface area (Å²) in [5.74, 6) is 0. The van der Waals surface area contributed by atoms with E-state index in [9.17, 15) is 0 Å². The largest absolute Gasteiger partial charge is 0.381 e. The molecule has 0 bridgehead atoms. The molecule has 1 fully saturated rings. The summed E-state index contributed by atoms with van der Waals surface area (Å²) in [7, 11) is 0. The van der Waals surface area contributed by atoms with E-state index in [0.29, 0.717) is 0 Å². The summed E-state index contributed by atoms with van der Waals surface area (Å²) in [5.41, 5.74) is 0. The molecule has 0 radical (unpaired) electrons. The zero-order chi connectivity index (χ0) is 5.82. The summed E-state index contributed by atoms with van der Waals surface area (Å²) in [6, 6.07) is 0. The average Bonchev–Trinajstić information content (AvgIpc) is 1.90. The third kappa shape index (κ3) is 3.85. The van der Waals surface area contributed by atoms with Crippen molar-refractivity contribution >= 4 is 0 Å². The number of likely N-dealkylation sites (tertiary alicyclic amines) is 1. The van der Waals surface area contributed by atoms with Crippen LogP contribution in [0.5, 0.6) is 0 Å². The van der Waals surface area contributed by atoms with Crippen LogP contribution in [0.25, 0.3) is 0 Å². The van der Waals surface area contributed by atoms with Crippen molar-refractivity contribution in [2.75, 3.05) is 19.8 Å². The second-order valence-electron chi connectivity index (χ2n) is 2.32. The summed E-state index contributed by atoms with van der Waals surface area (Å²) in [5, 5.41) is 8.62. The molecule has 0 aliphatic carbocycles. The van der Waals surface area contributed by atoms with Crippen molar-refractivity contribution in [1.82, 2.24) is 4.90 Å². The van der Waals surface area contributed by atoms with E-state index in [1.165, 1.54) is 19.3 Å². The topological polar surface area (TPSA) is 23.5 Å². The Morgan fingerprint density at radius 3 is 1.80 bits per heavy atom. The monoisotopic (exact) mass is 147 g/mol. The van der Waals surface area contributed by atoms with Crippen molar-refractivity contribution in [2.45, 2.75) is 34.1 Å². The normalized spacial score (nSPS) is 18.9. The Hall–Kier alpha value is -0.0800. The summed E-state index contributed by atoms with van der Waals surface area (Å²) in [6.07, 6.45) is 3.87. The number of aliphatic hydroxyl groups is 1. The van der Waals surface area contributed by atoms with Crippen LogP contribution in [0.15, 0.2) is 0 Å². The Morgan fingerprint density at radius 1 is 1.00 bits per heavy atom. The molecule has 1 rings (SSSR count). The second kappa shape index (κ2) is 7.03. The van der Waals surface area contributed by atoms with Gasteiger partial charge in [0.1, 0.15) is 0 Å². The second-order valence-corrected chi connectivity index (χ2v) is 2.32. The first kappa shape index (κ1) is 12.6. The smallest absolute Gasteiger partial charge is 0.0956 e. The van der Waals surface area contributed by atoms with E-state index in [2.05, 4.69) is 4.90 Å². The van der Waals surface area contributed by atoms with Gasteiger partial charge in [-0.05, 0) is 12.8 Å². The minimum Gasteiger partial charge on any atom is -0.381 e. The molecule has 2 heteroatoms. The lowest BCUT2D eigenvalue weighted by Gasteiger charge is -2.23. The Kier molecular flexibility index (Phi) is 8.85. The lowest BCUT2D eigenvalue weighted by molar-refractivity contribution is 0.0896. The van der Waals surface area contributed by atoms with Crippen molar-refractivity contribution < 1.29 is 5.11 Å². The molecule has 2 nitrogen and oxygen atoms in total. The molecular weight excluding hydrogens is 126 g/mol. The number of aliphatic hydroxyl groups excluding tert-OH is 1. The Balaban J connectivity index is 0. The van der Waals surface area contributed by atoms with Crippen molar-refractivity contribution in [2.24, 2.45) is 0 Å². The fourth-order valence-corrected chi connectivity index (χ4v) is 1.10. The predicted molar refractivity (Wildman–Crippen MR) is 46.0 cm³/mol. The van der Waals surface area contributed by atoms with Crippen LogP contribution in [0.2, 0.25) is 0 Å². The quantitative estimate of drug-likeness (QED) is 0.610. The molecule has 0 aromatic carbocycles. The zero-order valence-corrected chi connectivity index (χ0v) is 5.14. The summed E-state index contributed by atoms with van der Waals surface area (Å²) < 4.78 is 0. The maximum Gasteiger partial charge on any atom is 0.0956 e. The van der Waals surface area contributed by atoms with Crippen molar-refractivity contribution in [3.63, 3.8) is 0 Å². The number of piperidine rings is 1. The van der Waals surface area contributed by atoms with Crippen LogP contribution in [-0.4, -0.2) is 29.8 Å². The van der Waals surface area contributed by atoms with Gasteiger partial charge in [-0.2, -0.15) is 0 Å². The van der Waals surface area contributed by atoms with E-state index in [1.807, 2.05) is 0 Å². The van der Waals surface area contributed by atoms with Crippen LogP contribution in [0, 0.1) is 0 Å². The maximum absolute atomic E-state index is 8.62. The Bertz CT molecular complexity index is 60.3. The van der Waals surface area contributed by atoms with Crippen LogP contribution >= 0.6 is 0 Å². The lowest BCUT2D eigenvalue weighted by atomic mass is 10.1. The summed E-state index contributed by atoms with van der Waals surface area (Å²) in [6.45, 7) is 2.44. The van der Waals surface area contributed by atoms with Crippen molar-refractivity contribution in [3.05, 3.63) is 0 Å². The molecule has 1 aliphatic heterocycles. The van der Waals surface area contributed by atoms with Gasteiger partial charge >= 0.3 is 0 Å². The molecular formula is C8H21NO. The van der Waals surface area contributed by atoms with Crippen LogP contribution in [0.4, 0.5) is 0 Å². The highest BCUT2D eigenvalue weighted by molar-refractivity contribution is 4.59. The van der Waals surface area contributed by atoms with E-state index >= 15 is 0 Å². The van der Waals surface area contributed by atoms with Gasteiger partial charge in [0.25, 0.3) is 0 Å². The first-order valence-corrected chi connectivity index (χ1v) is 3.26. The standard InChI is InChI=1S/C6H13NO.2CH4/c8-6-7-4-2-1-3-5-7;;/h8H,1-6H2;2*1H4. The average molecular weight is 147 g/mol. The molecule has 1 N–H and O–H groups in total. The highest BCUT2D eigenvalue weighted by atomic mass is 16.3. The van der Waals surface area contributed by atoms with Gasteiger partial charge in [-0.25, -0.2) is 0 Å². The van der Waals surface area contributed by atoms with E-state index in [0.717, 1.165) is 13.1 Å². The van der Waals surface area contributed by atoms with Gasteiger partial charge in [-0.15, -0.1) is 0 Å². The molecule has 0 amide bonds. The molecule has 1 saturated heterocycles. The van der Waals surface area contributed by atoms with Crippen molar-refractivity contribution in [3.8, 4) is 0 Å². The van der Waals surface area contributed by atoms with Gasteiger partial charge < -0.3 is 5.11 Å². The fraction of sp³-hybridized carbons (Fsp3) is 1.00. The molecule has 0 aromatic heterocycles. The molecule has 1 aliphatic rings. The van der Waals surface area contributed by atoms with Gasteiger partial charge in [0, 0.05) is 13.1 Å². The minimum atomic E-state index is 0. The molecule has 0 atom stereocenters. The van der Waals surface area contributed by atoms with E-state index in [-0.39, 0.29) is 21.6 Å². The van der Waals surface area contributed by atoms with Crippen LogP contribution < -0.4 is 0 Å². The Morgan fingerprint density at radius 2 is 1.50 bits per heavy atom. The van der Waals surface area contributed by atoms with E-state index in [4.69, 9.17) is 5.11 Å². The molecule has 0 spiro atoms. The van der Waals surface area contributed by atoms with Crippen LogP contribution in [0.1, 0.15) is 34.1 Å². The number of nitrogens with zero attached hydrogens (tertiary/aromatic N) is 1. The Labute approximate surface area is 64.9 Å². The molecule has 10 heavy (non-hydrogen) atoms. The zero-order valence-electron chi connectivity index (χ0n) is 5.14. The minimum absolute atomic E-state index is 0. The maximum atomic E-state index is 8.62. The lowest BCUT2D eigenvalue weighted by Crippen LogP contribution is -2.30. The van der Waals surface area contributed by atoms with Crippen LogP contribution in [0.3, 0.4) is 0 Å². The highest BCUT2D eigenvalue weighted by Gasteiger charge is 2.06. The van der Waals surface area contributed by atoms with E-state index < -0.39 is 0 Å². The van der Waals surface area contributed by atoms with Gasteiger partial charge in [0.2, 0.25) is 0 Å². The van der Waals surface area contributed by atoms with Gasteiger partial charge in [0.05, 0.1) is 6.73 Å². The predicted octanol–water partition coefficient (Wildman–Crippen LogP) is 1.69. The highest BCUT2D eigenvalue weighted by Crippen LogP contribution is 2.06. The van der Waals surface area contributed by atoms with Gasteiger partial charge in [0.15, 0.2) is 0 Å². The first-order chi connectivity index (χ1) is 3.93. The molecule has 64 valence electrons. The number of rotatable bonds is 1. The third-order valence-corrected chi connectivity index (χ3v) is 1.65. The molecule has 0 saturated carbocycles.